The maximum Gasteiger partial charge on any atom is 0.319 e. The largest absolute Gasteiger partial charge is 0.328 e. The molecule has 1 aromatic carbocycles. The number of benzene rings is 1. The van der Waals surface area contributed by atoms with Gasteiger partial charge >= 0.3 is 6.03 Å². The summed E-state index contributed by atoms with van der Waals surface area (Å²) in [4.78, 5) is 22.9. The van der Waals surface area contributed by atoms with Gasteiger partial charge in [0.1, 0.15) is 0 Å². The summed E-state index contributed by atoms with van der Waals surface area (Å²) >= 11 is 0. The van der Waals surface area contributed by atoms with Gasteiger partial charge in [-0.25, -0.2) is 4.79 Å². The Balaban J connectivity index is 2.50. The number of Topliss-reactive ketones (excluding diaryl/α,β-unsaturated/α-hetero) is 1. The number of urea groups is 1. The van der Waals surface area contributed by atoms with Gasteiger partial charge in [0.05, 0.1) is 6.04 Å². The highest BCUT2D eigenvalue weighted by Gasteiger charge is 2.13. The summed E-state index contributed by atoms with van der Waals surface area (Å²) in [5.41, 5.74) is 1.84. The van der Waals surface area contributed by atoms with Crippen LogP contribution in [0.1, 0.15) is 25.8 Å². The van der Waals surface area contributed by atoms with Crippen molar-refractivity contribution >= 4 is 17.5 Å². The van der Waals surface area contributed by atoms with Crippen molar-refractivity contribution < 1.29 is 9.59 Å². The van der Waals surface area contributed by atoms with Crippen LogP contribution in [0, 0.1) is 6.92 Å². The minimum atomic E-state index is -0.453. The third-order valence-electron chi connectivity index (χ3n) is 2.49. The van der Waals surface area contributed by atoms with Crippen LogP contribution in [0.4, 0.5) is 10.5 Å². The van der Waals surface area contributed by atoms with Crippen LogP contribution in [0.15, 0.2) is 24.3 Å². The molecular weight excluding hydrogens is 216 g/mol. The Morgan fingerprint density at radius 2 is 1.82 bits per heavy atom. The van der Waals surface area contributed by atoms with E-state index < -0.39 is 6.04 Å². The van der Waals surface area contributed by atoms with Gasteiger partial charge < -0.3 is 10.6 Å². The van der Waals surface area contributed by atoms with Gasteiger partial charge in [-0.3, -0.25) is 4.79 Å². The maximum absolute atomic E-state index is 11.6. The lowest BCUT2D eigenvalue weighted by Crippen LogP contribution is -2.40. The Hall–Kier alpha value is -1.84. The summed E-state index contributed by atoms with van der Waals surface area (Å²) in [5.74, 6) is 0.0176. The molecule has 0 heterocycles. The summed E-state index contributed by atoms with van der Waals surface area (Å²) in [7, 11) is 0. The average molecular weight is 234 g/mol. The van der Waals surface area contributed by atoms with Crippen LogP contribution >= 0.6 is 0 Å². The van der Waals surface area contributed by atoms with Gasteiger partial charge in [-0.2, -0.15) is 0 Å². The second kappa shape index (κ2) is 6.03. The number of rotatable bonds is 4. The Morgan fingerprint density at radius 1 is 1.24 bits per heavy atom. The Bertz CT molecular complexity index is 398. The molecule has 2 N–H and O–H groups in total. The summed E-state index contributed by atoms with van der Waals surface area (Å²) in [6, 6.07) is 6.66. The molecule has 17 heavy (non-hydrogen) atoms. The molecule has 4 nitrogen and oxygen atoms in total. The summed E-state index contributed by atoms with van der Waals surface area (Å²) < 4.78 is 0. The molecule has 1 aromatic rings. The van der Waals surface area contributed by atoms with Gasteiger partial charge in [0.2, 0.25) is 0 Å². The van der Waals surface area contributed by atoms with Crippen molar-refractivity contribution in [2.75, 3.05) is 5.32 Å². The van der Waals surface area contributed by atoms with E-state index in [9.17, 15) is 9.59 Å². The highest BCUT2D eigenvalue weighted by atomic mass is 16.2. The number of ketones is 1. The van der Waals surface area contributed by atoms with Crippen molar-refractivity contribution in [1.29, 1.82) is 0 Å². The van der Waals surface area contributed by atoms with E-state index in [2.05, 4.69) is 10.6 Å². The number of hydrogen-bond acceptors (Lipinski definition) is 2. The smallest absolute Gasteiger partial charge is 0.319 e. The Labute approximate surface area is 101 Å². The first-order valence-corrected chi connectivity index (χ1v) is 5.69. The molecule has 0 aliphatic carbocycles. The third-order valence-corrected chi connectivity index (χ3v) is 2.49. The molecule has 0 saturated carbocycles. The molecule has 1 unspecified atom stereocenters. The third kappa shape index (κ3) is 4.26. The zero-order chi connectivity index (χ0) is 12.8. The van der Waals surface area contributed by atoms with E-state index in [1.54, 1.807) is 13.8 Å². The zero-order valence-electron chi connectivity index (χ0n) is 10.4. The molecular formula is C13H18N2O2. The van der Waals surface area contributed by atoms with Crippen LogP contribution < -0.4 is 10.6 Å². The quantitative estimate of drug-likeness (QED) is 0.840. The van der Waals surface area contributed by atoms with Gasteiger partial charge in [-0.15, -0.1) is 0 Å². The normalized spacial score (nSPS) is 11.7. The number of anilines is 1. The summed E-state index contributed by atoms with van der Waals surface area (Å²) in [5, 5.41) is 5.27. The Morgan fingerprint density at radius 3 is 2.35 bits per heavy atom. The zero-order valence-corrected chi connectivity index (χ0v) is 10.4. The van der Waals surface area contributed by atoms with Gasteiger partial charge in [-0.1, -0.05) is 24.6 Å². The molecule has 0 radical (unpaired) electrons. The monoisotopic (exact) mass is 234 g/mol. The summed E-state index contributed by atoms with van der Waals surface area (Å²) in [6.45, 7) is 5.44. The lowest BCUT2D eigenvalue weighted by Gasteiger charge is -2.12. The molecule has 0 spiro atoms. The van der Waals surface area contributed by atoms with E-state index in [1.165, 1.54) is 0 Å². The van der Waals surface area contributed by atoms with Crippen LogP contribution in [0.5, 0.6) is 0 Å². The van der Waals surface area contributed by atoms with E-state index >= 15 is 0 Å². The number of carbonyl (C=O) groups excluding carboxylic acids is 2. The van der Waals surface area contributed by atoms with Crippen LogP contribution in [-0.2, 0) is 4.79 Å². The molecule has 0 aliphatic rings. The van der Waals surface area contributed by atoms with E-state index in [-0.39, 0.29) is 11.8 Å². The second-order valence-corrected chi connectivity index (χ2v) is 4.01. The van der Waals surface area contributed by atoms with Crippen molar-refractivity contribution in [2.45, 2.75) is 33.2 Å². The van der Waals surface area contributed by atoms with E-state index in [1.807, 2.05) is 31.2 Å². The van der Waals surface area contributed by atoms with Crippen LogP contribution in [0.3, 0.4) is 0 Å². The minimum absolute atomic E-state index is 0.0176. The summed E-state index contributed by atoms with van der Waals surface area (Å²) in [6.07, 6.45) is 0.423. The lowest BCUT2D eigenvalue weighted by molar-refractivity contribution is -0.120. The highest BCUT2D eigenvalue weighted by Crippen LogP contribution is 2.08. The second-order valence-electron chi connectivity index (χ2n) is 4.01. The Kier molecular flexibility index (Phi) is 4.69. The van der Waals surface area contributed by atoms with Gasteiger partial charge in [0, 0.05) is 12.1 Å². The first kappa shape index (κ1) is 13.2. The standard InChI is InChI=1S/C13H18N2O2/c1-4-12(16)10(3)14-13(17)15-11-7-5-9(2)6-8-11/h5-8,10H,4H2,1-3H3,(H2,14,15,17). The molecule has 1 rings (SSSR count). The number of aryl methyl sites for hydroxylation is 1. The molecule has 0 bridgehead atoms. The molecule has 0 fully saturated rings. The number of hydrogen-bond donors (Lipinski definition) is 2. The molecule has 92 valence electrons. The molecule has 0 aromatic heterocycles. The van der Waals surface area contributed by atoms with Gasteiger partial charge in [-0.05, 0) is 26.0 Å². The maximum atomic E-state index is 11.6. The minimum Gasteiger partial charge on any atom is -0.328 e. The molecule has 0 saturated heterocycles. The number of amides is 2. The predicted octanol–water partition coefficient (Wildman–Crippen LogP) is 2.48. The lowest BCUT2D eigenvalue weighted by atomic mass is 10.2. The molecule has 2 amide bonds. The van der Waals surface area contributed by atoms with Crippen LogP contribution in [0.2, 0.25) is 0 Å². The van der Waals surface area contributed by atoms with Crippen molar-refractivity contribution in [1.82, 2.24) is 5.32 Å². The fourth-order valence-electron chi connectivity index (χ4n) is 1.39. The van der Waals surface area contributed by atoms with Crippen molar-refractivity contribution in [3.8, 4) is 0 Å². The number of carbonyl (C=O) groups is 2. The van der Waals surface area contributed by atoms with Crippen LogP contribution in [0.25, 0.3) is 0 Å². The van der Waals surface area contributed by atoms with Gasteiger partial charge in [0.15, 0.2) is 5.78 Å². The fraction of sp³-hybridized carbons (Fsp3) is 0.385. The SMILES string of the molecule is CCC(=O)C(C)NC(=O)Nc1ccc(C)cc1. The van der Waals surface area contributed by atoms with E-state index in [4.69, 9.17) is 0 Å². The first-order valence-electron chi connectivity index (χ1n) is 5.69. The fourth-order valence-corrected chi connectivity index (χ4v) is 1.39. The van der Waals surface area contributed by atoms with Crippen molar-refractivity contribution in [3.05, 3.63) is 29.8 Å². The van der Waals surface area contributed by atoms with Crippen molar-refractivity contribution in [3.63, 3.8) is 0 Å². The van der Waals surface area contributed by atoms with Gasteiger partial charge in [0.25, 0.3) is 0 Å². The van der Waals surface area contributed by atoms with Crippen LogP contribution in [-0.4, -0.2) is 17.9 Å². The van der Waals surface area contributed by atoms with Crippen molar-refractivity contribution in [2.24, 2.45) is 0 Å². The molecule has 4 heteroatoms. The highest BCUT2D eigenvalue weighted by molar-refractivity contribution is 5.94. The molecule has 0 aliphatic heterocycles. The average Bonchev–Trinajstić information content (AvgIpc) is 2.30. The topological polar surface area (TPSA) is 58.2 Å². The number of nitrogens with one attached hydrogen (secondary N) is 2. The van der Waals surface area contributed by atoms with E-state index in [0.29, 0.717) is 12.1 Å². The predicted molar refractivity (Wildman–Crippen MR) is 68.1 cm³/mol. The molecule has 1 atom stereocenters. The van der Waals surface area contributed by atoms with E-state index in [0.717, 1.165) is 5.56 Å². The first-order chi connectivity index (χ1) is 8.02.